The lowest BCUT2D eigenvalue weighted by Gasteiger charge is -2.26. The highest BCUT2D eigenvalue weighted by molar-refractivity contribution is 7.99. The molecule has 1 saturated heterocycles. The Bertz CT molecular complexity index is 528. The molecule has 1 aromatic heterocycles. The first-order chi connectivity index (χ1) is 8.90. The lowest BCUT2D eigenvalue weighted by atomic mass is 10.0. The number of ether oxygens (including phenoxy) is 1. The lowest BCUT2D eigenvalue weighted by molar-refractivity contribution is 0.0179. The van der Waals surface area contributed by atoms with E-state index in [1.54, 1.807) is 32.7 Å². The summed E-state index contributed by atoms with van der Waals surface area (Å²) < 4.78 is 37.5. The maximum atomic E-state index is 12.3. The van der Waals surface area contributed by atoms with Gasteiger partial charge >= 0.3 is 0 Å². The van der Waals surface area contributed by atoms with Crippen LogP contribution in [-0.4, -0.2) is 44.3 Å². The van der Waals surface area contributed by atoms with E-state index in [0.29, 0.717) is 11.5 Å². The summed E-state index contributed by atoms with van der Waals surface area (Å²) in [5.74, 6) is 2.09. The third-order valence-corrected chi connectivity index (χ3v) is 6.19. The predicted octanol–water partition coefficient (Wildman–Crippen LogP) is 1.09. The highest BCUT2D eigenvalue weighted by Crippen LogP contribution is 2.30. The van der Waals surface area contributed by atoms with Crippen molar-refractivity contribution in [1.29, 1.82) is 0 Å². The molecule has 2 heterocycles. The molecule has 0 radical (unpaired) electrons. The Balaban J connectivity index is 2.14. The Labute approximate surface area is 117 Å². The number of aryl methyl sites for hydroxylation is 2. The van der Waals surface area contributed by atoms with Crippen LogP contribution in [0.4, 0.5) is 0 Å². The molecule has 1 fully saturated rings. The van der Waals surface area contributed by atoms with Gasteiger partial charge in [-0.25, -0.2) is 13.1 Å². The Morgan fingerprint density at radius 3 is 2.74 bits per heavy atom. The smallest absolute Gasteiger partial charge is 0.246 e. The molecule has 1 aliphatic rings. The van der Waals surface area contributed by atoms with Crippen molar-refractivity contribution in [2.45, 2.75) is 30.8 Å². The molecule has 0 aromatic carbocycles. The molecule has 1 N–H and O–H groups in total. The van der Waals surface area contributed by atoms with Crippen LogP contribution in [0.2, 0.25) is 0 Å². The SMILES string of the molecule is CO[C@]1(CNS(=O)(=O)c2c(C)noc2C)CCSC1. The number of aromatic nitrogens is 1. The van der Waals surface area contributed by atoms with Crippen molar-refractivity contribution in [1.82, 2.24) is 9.88 Å². The summed E-state index contributed by atoms with van der Waals surface area (Å²) in [5, 5.41) is 3.67. The fourth-order valence-corrected chi connectivity index (χ4v) is 4.95. The highest BCUT2D eigenvalue weighted by atomic mass is 32.2. The third-order valence-electron chi connectivity index (χ3n) is 3.32. The third kappa shape index (κ3) is 2.96. The van der Waals surface area contributed by atoms with E-state index in [1.807, 2.05) is 0 Å². The summed E-state index contributed by atoms with van der Waals surface area (Å²) >= 11 is 1.77. The van der Waals surface area contributed by atoms with Gasteiger partial charge in [0, 0.05) is 19.4 Å². The second-order valence-corrected chi connectivity index (χ2v) is 7.48. The van der Waals surface area contributed by atoms with E-state index in [0.717, 1.165) is 17.9 Å². The topological polar surface area (TPSA) is 81.4 Å². The van der Waals surface area contributed by atoms with Crippen LogP contribution in [0.25, 0.3) is 0 Å². The second-order valence-electron chi connectivity index (χ2n) is 4.67. The molecule has 0 amide bonds. The number of rotatable bonds is 5. The van der Waals surface area contributed by atoms with Gasteiger partial charge in [0.05, 0.1) is 5.60 Å². The Morgan fingerprint density at radius 2 is 2.26 bits per heavy atom. The molecule has 8 heteroatoms. The molecule has 1 atom stereocenters. The zero-order chi connectivity index (χ0) is 14.1. The molecule has 2 rings (SSSR count). The molecule has 0 unspecified atom stereocenters. The number of nitrogens with zero attached hydrogens (tertiary/aromatic N) is 1. The average molecular weight is 306 g/mol. The standard InChI is InChI=1S/C11H18N2O4S2/c1-8-10(9(2)17-13-8)19(14,15)12-6-11(16-3)4-5-18-7-11/h12H,4-7H2,1-3H3/t11-/m0/s1. The summed E-state index contributed by atoms with van der Waals surface area (Å²) in [6.45, 7) is 3.47. The highest BCUT2D eigenvalue weighted by Gasteiger charge is 2.36. The van der Waals surface area contributed by atoms with Crippen LogP contribution in [-0.2, 0) is 14.8 Å². The largest absolute Gasteiger partial charge is 0.376 e. The molecule has 19 heavy (non-hydrogen) atoms. The molecule has 0 bridgehead atoms. The van der Waals surface area contributed by atoms with Gasteiger partial charge < -0.3 is 9.26 Å². The van der Waals surface area contributed by atoms with E-state index in [-0.39, 0.29) is 11.4 Å². The first kappa shape index (κ1) is 14.8. The zero-order valence-corrected chi connectivity index (χ0v) is 12.9. The minimum Gasteiger partial charge on any atom is -0.376 e. The lowest BCUT2D eigenvalue weighted by Crippen LogP contribution is -2.44. The van der Waals surface area contributed by atoms with Crippen LogP contribution < -0.4 is 4.72 Å². The van der Waals surface area contributed by atoms with E-state index in [9.17, 15) is 8.42 Å². The number of sulfonamides is 1. The monoisotopic (exact) mass is 306 g/mol. The number of nitrogens with one attached hydrogen (secondary N) is 1. The number of hydrogen-bond donors (Lipinski definition) is 1. The first-order valence-electron chi connectivity index (χ1n) is 5.96. The number of hydrogen-bond acceptors (Lipinski definition) is 6. The van der Waals surface area contributed by atoms with Crippen molar-refractivity contribution in [3.8, 4) is 0 Å². The Hall–Kier alpha value is -0.570. The van der Waals surface area contributed by atoms with Crippen LogP contribution in [0, 0.1) is 13.8 Å². The van der Waals surface area contributed by atoms with E-state index in [2.05, 4.69) is 9.88 Å². The van der Waals surface area contributed by atoms with Crippen molar-refractivity contribution >= 4 is 21.8 Å². The minimum absolute atomic E-state index is 0.129. The molecule has 0 aliphatic carbocycles. The number of thioether (sulfide) groups is 1. The van der Waals surface area contributed by atoms with Gasteiger partial charge in [0.2, 0.25) is 10.0 Å². The molecule has 108 valence electrons. The molecular formula is C11H18N2O4S2. The van der Waals surface area contributed by atoms with E-state index >= 15 is 0 Å². The van der Waals surface area contributed by atoms with Crippen LogP contribution >= 0.6 is 11.8 Å². The number of methoxy groups -OCH3 is 1. The molecule has 0 saturated carbocycles. The zero-order valence-electron chi connectivity index (χ0n) is 11.2. The summed E-state index contributed by atoms with van der Waals surface area (Å²) in [5.41, 5.74) is -0.0336. The van der Waals surface area contributed by atoms with E-state index in [1.165, 1.54) is 0 Å². The summed E-state index contributed by atoms with van der Waals surface area (Å²) in [6, 6.07) is 0. The normalized spacial score (nSPS) is 23.9. The van der Waals surface area contributed by atoms with Crippen molar-refractivity contribution in [2.24, 2.45) is 0 Å². The van der Waals surface area contributed by atoms with Crippen molar-refractivity contribution < 1.29 is 17.7 Å². The van der Waals surface area contributed by atoms with Gasteiger partial charge in [-0.1, -0.05) is 5.16 Å². The van der Waals surface area contributed by atoms with Gasteiger partial charge in [-0.05, 0) is 26.0 Å². The fourth-order valence-electron chi connectivity index (χ4n) is 2.12. The maximum absolute atomic E-state index is 12.3. The molecular weight excluding hydrogens is 288 g/mol. The molecule has 1 aliphatic heterocycles. The van der Waals surface area contributed by atoms with Gasteiger partial charge in [-0.3, -0.25) is 0 Å². The fraction of sp³-hybridized carbons (Fsp3) is 0.727. The van der Waals surface area contributed by atoms with Gasteiger partial charge in [-0.2, -0.15) is 11.8 Å². The quantitative estimate of drug-likeness (QED) is 0.877. The summed E-state index contributed by atoms with van der Waals surface area (Å²) in [7, 11) is -1.99. The second kappa shape index (κ2) is 5.43. The first-order valence-corrected chi connectivity index (χ1v) is 8.59. The Morgan fingerprint density at radius 1 is 1.53 bits per heavy atom. The summed E-state index contributed by atoms with van der Waals surface area (Å²) in [6.07, 6.45) is 0.846. The average Bonchev–Trinajstić information content (AvgIpc) is 2.95. The van der Waals surface area contributed by atoms with E-state index in [4.69, 9.17) is 9.26 Å². The van der Waals surface area contributed by atoms with Gasteiger partial charge in [0.1, 0.15) is 10.6 Å². The summed E-state index contributed by atoms with van der Waals surface area (Å²) in [4.78, 5) is 0.129. The van der Waals surface area contributed by atoms with Crippen LogP contribution in [0.1, 0.15) is 17.9 Å². The molecule has 1 aromatic rings. The van der Waals surface area contributed by atoms with Gasteiger partial charge in [-0.15, -0.1) is 0 Å². The van der Waals surface area contributed by atoms with Crippen molar-refractivity contribution in [2.75, 3.05) is 25.2 Å². The van der Waals surface area contributed by atoms with Crippen molar-refractivity contribution in [3.63, 3.8) is 0 Å². The van der Waals surface area contributed by atoms with Gasteiger partial charge in [0.25, 0.3) is 0 Å². The van der Waals surface area contributed by atoms with Crippen LogP contribution in [0.15, 0.2) is 9.42 Å². The maximum Gasteiger partial charge on any atom is 0.246 e. The van der Waals surface area contributed by atoms with Crippen molar-refractivity contribution in [3.05, 3.63) is 11.5 Å². The Kier molecular flexibility index (Phi) is 4.24. The minimum atomic E-state index is -3.61. The van der Waals surface area contributed by atoms with Gasteiger partial charge in [0.15, 0.2) is 5.76 Å². The van der Waals surface area contributed by atoms with Crippen LogP contribution in [0.3, 0.4) is 0 Å². The molecule has 6 nitrogen and oxygen atoms in total. The van der Waals surface area contributed by atoms with E-state index < -0.39 is 15.6 Å². The van der Waals surface area contributed by atoms with Crippen LogP contribution in [0.5, 0.6) is 0 Å². The molecule has 0 spiro atoms. The predicted molar refractivity (Wildman–Crippen MR) is 72.8 cm³/mol.